The van der Waals surface area contributed by atoms with Gasteiger partial charge in [0, 0.05) is 29.0 Å². The summed E-state index contributed by atoms with van der Waals surface area (Å²) in [5, 5.41) is 10.1. The van der Waals surface area contributed by atoms with Gasteiger partial charge in [-0.05, 0) is 71.3 Å². The number of fused-ring (bicyclic) bond motifs is 4. The molecule has 4 aromatic rings. The van der Waals surface area contributed by atoms with Crippen molar-refractivity contribution in [3.8, 4) is 0 Å². The van der Waals surface area contributed by atoms with Crippen LogP contribution in [0.25, 0.3) is 5.41 Å². The Labute approximate surface area is 272 Å². The van der Waals surface area contributed by atoms with E-state index in [1.165, 1.54) is 34.5 Å². The van der Waals surface area contributed by atoms with Gasteiger partial charge in [-0.3, -0.25) is 0 Å². The summed E-state index contributed by atoms with van der Waals surface area (Å²) in [5.74, 6) is 1.43. The molecule has 0 amide bonds. The first-order chi connectivity index (χ1) is 18.9. The predicted octanol–water partition coefficient (Wildman–Crippen LogP) is 9.86. The van der Waals surface area contributed by atoms with E-state index in [-0.39, 0.29) is 62.1 Å². The zero-order valence-corrected chi connectivity index (χ0v) is 27.5. The van der Waals surface area contributed by atoms with Crippen LogP contribution >= 0.6 is 0 Å². The molecule has 2 aliphatic heterocycles. The van der Waals surface area contributed by atoms with Crippen molar-refractivity contribution in [2.45, 2.75) is 39.3 Å². The number of halogens is 2. The second kappa shape index (κ2) is 14.5. The van der Waals surface area contributed by atoms with Crippen LogP contribution in [0.15, 0.2) is 97.1 Å². The van der Waals surface area contributed by atoms with Gasteiger partial charge in [-0.2, -0.15) is 0 Å². The van der Waals surface area contributed by atoms with Crippen LogP contribution in [0.4, 0.5) is 25.8 Å². The van der Waals surface area contributed by atoms with Crippen LogP contribution in [0.5, 0.6) is 0 Å². The van der Waals surface area contributed by atoms with Crippen LogP contribution in [0.3, 0.4) is 0 Å². The van der Waals surface area contributed by atoms with Crippen LogP contribution in [-0.2, 0) is 28.3 Å². The maximum absolute atomic E-state index is 13.7. The van der Waals surface area contributed by atoms with Crippen molar-refractivity contribution in [2.75, 3.05) is 9.80 Å². The molecule has 1 aliphatic carbocycles. The van der Waals surface area contributed by atoms with Crippen LogP contribution in [0.2, 0.25) is 0 Å². The zero-order valence-electron chi connectivity index (χ0n) is 25.9. The third-order valence-corrected chi connectivity index (χ3v) is 9.07. The smallest absolute Gasteiger partial charge is 0.464 e. The number of benzene rings is 4. The molecule has 0 saturated heterocycles. The molecule has 2 heterocycles. The molecule has 3 aliphatic rings. The topological polar surface area (TPSA) is 28.8 Å². The summed E-state index contributed by atoms with van der Waals surface area (Å²) in [6, 6.07) is 31.3. The first-order valence-electron chi connectivity index (χ1n) is 13.7. The van der Waals surface area contributed by atoms with Crippen molar-refractivity contribution in [1.82, 2.24) is 0 Å². The van der Waals surface area contributed by atoms with Gasteiger partial charge in [-0.1, -0.05) is 93.3 Å². The van der Waals surface area contributed by atoms with Crippen molar-refractivity contribution in [3.05, 3.63) is 153 Å². The Hall–Kier alpha value is -3.28. The number of anilines is 3. The summed E-state index contributed by atoms with van der Waals surface area (Å²) >= 11 is 0. The number of para-hydroxylation sites is 3. The van der Waals surface area contributed by atoms with Gasteiger partial charge >= 0.3 is 21.7 Å². The molecule has 6 heteroatoms. The molecule has 0 radical (unpaired) electrons. The molecule has 0 N–H and O–H groups in total. The fourth-order valence-corrected chi connectivity index (χ4v) is 6.87. The van der Waals surface area contributed by atoms with E-state index in [2.05, 4.69) is 80.3 Å². The van der Waals surface area contributed by atoms with Crippen molar-refractivity contribution < 1.29 is 30.5 Å². The monoisotopic (exact) mass is 613 g/mol. The quantitative estimate of drug-likeness (QED) is 0.166. The van der Waals surface area contributed by atoms with Gasteiger partial charge < -0.3 is 37.5 Å². The first-order valence-corrected chi connectivity index (χ1v) is 13.7. The summed E-state index contributed by atoms with van der Waals surface area (Å²) in [6.07, 6.45) is 0. The van der Waals surface area contributed by atoms with E-state index >= 15 is 0 Å². The number of hydrogen-bond acceptors (Lipinski definition) is 1. The van der Waals surface area contributed by atoms with E-state index in [1.54, 1.807) is 17.7 Å². The van der Waals surface area contributed by atoms with Gasteiger partial charge in [-0.25, -0.2) is 8.78 Å². The van der Waals surface area contributed by atoms with Gasteiger partial charge in [0.15, 0.2) is 0 Å². The Morgan fingerprint density at radius 3 is 1.91 bits per heavy atom. The number of hydrogen-bond donors (Lipinski definition) is 0. The van der Waals surface area contributed by atoms with Gasteiger partial charge in [-0.15, -0.1) is 0 Å². The molecular formula is C37H41F2N3Ti. The third kappa shape index (κ3) is 6.07. The molecule has 1 fully saturated rings. The van der Waals surface area contributed by atoms with E-state index in [0.717, 1.165) is 23.3 Å². The molecule has 3 nitrogen and oxygen atoms in total. The maximum Gasteiger partial charge on any atom is 4.00 e. The van der Waals surface area contributed by atoms with E-state index in [1.807, 2.05) is 12.1 Å². The summed E-state index contributed by atoms with van der Waals surface area (Å²) in [4.78, 5) is 3.85. The first kappa shape index (κ1) is 35.9. The summed E-state index contributed by atoms with van der Waals surface area (Å²) in [6.45, 7) is 7.57. The summed E-state index contributed by atoms with van der Waals surface area (Å²) in [7, 11) is 0. The normalized spacial score (nSPS) is 22.3. The molecule has 5 unspecified atom stereocenters. The molecule has 7 rings (SSSR count). The minimum Gasteiger partial charge on any atom is -0.464 e. The van der Waals surface area contributed by atoms with Crippen LogP contribution in [0, 0.1) is 51.7 Å². The fraction of sp³-hybridized carbons (Fsp3) is 0.243. The average molecular weight is 614 g/mol. The van der Waals surface area contributed by atoms with Crippen molar-refractivity contribution >= 4 is 22.9 Å². The van der Waals surface area contributed by atoms with Crippen molar-refractivity contribution in [3.63, 3.8) is 0 Å². The van der Waals surface area contributed by atoms with E-state index in [0.29, 0.717) is 17.5 Å². The largest absolute Gasteiger partial charge is 4.00 e. The minimum absolute atomic E-state index is 0. The Balaban J connectivity index is 0.000000277. The van der Waals surface area contributed by atoms with Crippen LogP contribution in [0.1, 0.15) is 43.4 Å². The van der Waals surface area contributed by atoms with Gasteiger partial charge in [0.05, 0.1) is 0 Å². The summed E-state index contributed by atoms with van der Waals surface area (Å²) in [5.41, 5.74) is 5.55. The van der Waals surface area contributed by atoms with E-state index < -0.39 is 11.6 Å². The summed E-state index contributed by atoms with van der Waals surface area (Å²) < 4.78 is 27.4. The Kier molecular flexibility index (Phi) is 12.1. The molecular weight excluding hydrogens is 572 g/mol. The molecule has 43 heavy (non-hydrogen) atoms. The standard InChI is InChI=1S/C20H23N.C14H9F2N2.3CH3.Ti/c1-13-14(2)19-17-11-7-8-12-18(17)21(20(19)15(13)3)16-9-5-4-6-10-16;15-11-6-3-7-12(16)13(11)18-8-9-4-1-2-5-10(9)14(18)17;;;;/h4-15,19-20H,1-3H3;1-7H,8H2;3*1H3;/q;4*-1;+4. The zero-order chi connectivity index (χ0) is 27.3. The molecule has 4 aromatic carbocycles. The molecule has 5 atom stereocenters. The van der Waals surface area contributed by atoms with Crippen LogP contribution in [-0.4, -0.2) is 11.9 Å². The number of rotatable bonds is 2. The maximum atomic E-state index is 13.7. The van der Waals surface area contributed by atoms with Gasteiger partial charge in [0.25, 0.3) is 0 Å². The second-order valence-electron chi connectivity index (χ2n) is 11.0. The third-order valence-electron chi connectivity index (χ3n) is 9.07. The Bertz CT molecular complexity index is 1510. The van der Waals surface area contributed by atoms with Gasteiger partial charge in [0.2, 0.25) is 0 Å². The number of nitrogens with zero attached hydrogens (tertiary/aromatic N) is 3. The number of amidine groups is 1. The average Bonchev–Trinajstić information content (AvgIpc) is 3.54. The molecule has 0 spiro atoms. The molecule has 222 valence electrons. The molecule has 0 bridgehead atoms. The van der Waals surface area contributed by atoms with Gasteiger partial charge in [0.1, 0.15) is 11.6 Å². The Morgan fingerprint density at radius 1 is 0.674 bits per heavy atom. The Morgan fingerprint density at radius 2 is 1.26 bits per heavy atom. The SMILES string of the molecule is CC1C(C)C2c3ccccc3N(c3ccccc3)C2C1C.[CH3-].[CH3-].[CH3-].[N-]=C1c2ccccc2CN1c1c(F)cccc1F.[Ti+4]. The van der Waals surface area contributed by atoms with Crippen molar-refractivity contribution in [1.29, 1.82) is 0 Å². The van der Waals surface area contributed by atoms with E-state index in [4.69, 9.17) is 0 Å². The van der Waals surface area contributed by atoms with Crippen molar-refractivity contribution in [2.24, 2.45) is 17.8 Å². The molecule has 0 aromatic heterocycles. The molecule has 1 saturated carbocycles. The van der Waals surface area contributed by atoms with E-state index in [9.17, 15) is 14.2 Å². The predicted molar refractivity (Wildman–Crippen MR) is 175 cm³/mol. The van der Waals surface area contributed by atoms with Crippen LogP contribution < -0.4 is 9.80 Å². The fourth-order valence-electron chi connectivity index (χ4n) is 6.87. The second-order valence-corrected chi connectivity index (χ2v) is 11.0. The minimum atomic E-state index is -0.686.